The van der Waals surface area contributed by atoms with E-state index in [4.69, 9.17) is 10.5 Å². The molecule has 0 aromatic rings. The normalized spacial score (nSPS) is 41.0. The number of nitrogens with two attached hydrogens (primary N) is 1. The van der Waals surface area contributed by atoms with Crippen LogP contribution in [-0.4, -0.2) is 30.2 Å². The lowest BCUT2D eigenvalue weighted by Gasteiger charge is -2.35. The van der Waals surface area contributed by atoms with E-state index in [-0.39, 0.29) is 5.97 Å². The molecule has 2 bridgehead atoms. The van der Waals surface area contributed by atoms with Gasteiger partial charge in [0.15, 0.2) is 0 Å². The standard InChI is InChI=1S/C10H18N2O2/c1-2-14-9(13)10(11)5-7-3-4-8(6-10)12-7/h7-8,12H,2-6,11H2,1H3. The van der Waals surface area contributed by atoms with Crippen molar-refractivity contribution in [3.8, 4) is 0 Å². The molecule has 0 aromatic carbocycles. The number of carbonyl (C=O) groups is 1. The predicted octanol–water partition coefficient (Wildman–Crippen LogP) is 0.161. The van der Waals surface area contributed by atoms with Gasteiger partial charge in [-0.2, -0.15) is 0 Å². The van der Waals surface area contributed by atoms with Gasteiger partial charge in [-0.25, -0.2) is 0 Å². The molecule has 0 aliphatic carbocycles. The van der Waals surface area contributed by atoms with Gasteiger partial charge in [-0.3, -0.25) is 4.79 Å². The van der Waals surface area contributed by atoms with E-state index in [1.165, 1.54) is 0 Å². The van der Waals surface area contributed by atoms with Gasteiger partial charge in [-0.05, 0) is 32.6 Å². The molecule has 80 valence electrons. The van der Waals surface area contributed by atoms with E-state index in [1.54, 1.807) is 0 Å². The van der Waals surface area contributed by atoms with Gasteiger partial charge < -0.3 is 15.8 Å². The molecule has 2 atom stereocenters. The molecule has 0 radical (unpaired) electrons. The minimum absolute atomic E-state index is 0.224. The summed E-state index contributed by atoms with van der Waals surface area (Å²) >= 11 is 0. The summed E-state index contributed by atoms with van der Waals surface area (Å²) in [4.78, 5) is 11.7. The molecule has 3 N–H and O–H groups in total. The van der Waals surface area contributed by atoms with E-state index >= 15 is 0 Å². The van der Waals surface area contributed by atoms with Crippen LogP contribution in [0.25, 0.3) is 0 Å². The Morgan fingerprint density at radius 3 is 2.57 bits per heavy atom. The fraction of sp³-hybridized carbons (Fsp3) is 0.900. The van der Waals surface area contributed by atoms with Gasteiger partial charge in [0.25, 0.3) is 0 Å². The first-order valence-electron chi connectivity index (χ1n) is 5.36. The summed E-state index contributed by atoms with van der Waals surface area (Å²) in [5.41, 5.74) is 5.37. The van der Waals surface area contributed by atoms with E-state index < -0.39 is 5.54 Å². The number of hydrogen-bond acceptors (Lipinski definition) is 4. The molecule has 0 amide bonds. The lowest BCUT2D eigenvalue weighted by atomic mass is 9.85. The van der Waals surface area contributed by atoms with E-state index in [2.05, 4.69) is 5.32 Å². The third kappa shape index (κ3) is 1.64. The number of hydrogen-bond donors (Lipinski definition) is 2. The van der Waals surface area contributed by atoms with Crippen LogP contribution in [0.4, 0.5) is 0 Å². The molecular formula is C10H18N2O2. The highest BCUT2D eigenvalue weighted by atomic mass is 16.5. The van der Waals surface area contributed by atoms with Crippen LogP contribution < -0.4 is 11.1 Å². The summed E-state index contributed by atoms with van der Waals surface area (Å²) in [5.74, 6) is -0.224. The molecule has 4 heteroatoms. The molecule has 14 heavy (non-hydrogen) atoms. The Morgan fingerprint density at radius 1 is 1.50 bits per heavy atom. The average Bonchev–Trinajstić information content (AvgIpc) is 2.46. The van der Waals surface area contributed by atoms with Gasteiger partial charge in [-0.15, -0.1) is 0 Å². The zero-order chi connectivity index (χ0) is 10.2. The number of fused-ring (bicyclic) bond motifs is 2. The van der Waals surface area contributed by atoms with Crippen LogP contribution in [-0.2, 0) is 9.53 Å². The topological polar surface area (TPSA) is 64.3 Å². The Bertz CT molecular complexity index is 230. The summed E-state index contributed by atoms with van der Waals surface area (Å²) in [7, 11) is 0. The first-order valence-corrected chi connectivity index (χ1v) is 5.36. The maximum atomic E-state index is 11.7. The molecule has 0 aromatic heterocycles. The van der Waals surface area contributed by atoms with Crippen molar-refractivity contribution in [1.29, 1.82) is 0 Å². The van der Waals surface area contributed by atoms with Crippen LogP contribution in [0.1, 0.15) is 32.6 Å². The van der Waals surface area contributed by atoms with Crippen molar-refractivity contribution < 1.29 is 9.53 Å². The highest BCUT2D eigenvalue weighted by Crippen LogP contribution is 2.33. The Labute approximate surface area is 84.2 Å². The van der Waals surface area contributed by atoms with Gasteiger partial charge in [0.1, 0.15) is 5.54 Å². The van der Waals surface area contributed by atoms with Crippen LogP contribution in [0.3, 0.4) is 0 Å². The fourth-order valence-electron chi connectivity index (χ4n) is 2.63. The molecule has 2 unspecified atom stereocenters. The van der Waals surface area contributed by atoms with E-state index in [9.17, 15) is 4.79 Å². The summed E-state index contributed by atoms with van der Waals surface area (Å²) in [5, 5.41) is 3.45. The lowest BCUT2D eigenvalue weighted by molar-refractivity contribution is -0.151. The monoisotopic (exact) mass is 198 g/mol. The number of esters is 1. The van der Waals surface area contributed by atoms with Crippen molar-refractivity contribution >= 4 is 5.97 Å². The van der Waals surface area contributed by atoms with E-state index in [0.717, 1.165) is 25.7 Å². The third-order valence-corrected chi connectivity index (χ3v) is 3.24. The molecule has 2 fully saturated rings. The quantitative estimate of drug-likeness (QED) is 0.620. The Morgan fingerprint density at radius 2 is 2.07 bits per heavy atom. The van der Waals surface area contributed by atoms with Crippen LogP contribution in [0.15, 0.2) is 0 Å². The molecule has 2 rings (SSSR count). The minimum atomic E-state index is -0.729. The molecule has 2 heterocycles. The molecule has 0 saturated carbocycles. The second-order valence-electron chi connectivity index (χ2n) is 4.42. The molecule has 4 nitrogen and oxygen atoms in total. The number of piperidine rings is 1. The van der Waals surface area contributed by atoms with Gasteiger partial charge in [0, 0.05) is 12.1 Å². The number of ether oxygens (including phenoxy) is 1. The molecular weight excluding hydrogens is 180 g/mol. The van der Waals surface area contributed by atoms with Crippen LogP contribution in [0.5, 0.6) is 0 Å². The zero-order valence-corrected chi connectivity index (χ0v) is 8.58. The van der Waals surface area contributed by atoms with Crippen molar-refractivity contribution in [2.45, 2.75) is 50.2 Å². The van der Waals surface area contributed by atoms with Crippen molar-refractivity contribution in [3.05, 3.63) is 0 Å². The lowest BCUT2D eigenvalue weighted by Crippen LogP contribution is -2.59. The summed E-state index contributed by atoms with van der Waals surface area (Å²) in [6.07, 6.45) is 3.73. The van der Waals surface area contributed by atoms with Gasteiger partial charge in [-0.1, -0.05) is 0 Å². The van der Waals surface area contributed by atoms with Gasteiger partial charge in [0.2, 0.25) is 0 Å². The third-order valence-electron chi connectivity index (χ3n) is 3.24. The number of carbonyl (C=O) groups excluding carboxylic acids is 1. The number of nitrogens with one attached hydrogen (secondary N) is 1. The van der Waals surface area contributed by atoms with Crippen molar-refractivity contribution in [2.75, 3.05) is 6.61 Å². The van der Waals surface area contributed by atoms with Crippen molar-refractivity contribution in [1.82, 2.24) is 5.32 Å². The molecule has 2 saturated heterocycles. The summed E-state index contributed by atoms with van der Waals surface area (Å²) < 4.78 is 5.02. The zero-order valence-electron chi connectivity index (χ0n) is 8.58. The molecule has 2 aliphatic heterocycles. The number of rotatable bonds is 2. The largest absolute Gasteiger partial charge is 0.465 e. The maximum Gasteiger partial charge on any atom is 0.326 e. The second-order valence-corrected chi connectivity index (χ2v) is 4.42. The Balaban J connectivity index is 2.05. The van der Waals surface area contributed by atoms with Gasteiger partial charge in [0.05, 0.1) is 6.61 Å². The summed E-state index contributed by atoms with van der Waals surface area (Å²) in [6.45, 7) is 2.23. The van der Waals surface area contributed by atoms with E-state index in [0.29, 0.717) is 18.7 Å². The summed E-state index contributed by atoms with van der Waals surface area (Å²) in [6, 6.07) is 0.839. The predicted molar refractivity (Wildman–Crippen MR) is 52.7 cm³/mol. The van der Waals surface area contributed by atoms with Crippen LogP contribution >= 0.6 is 0 Å². The van der Waals surface area contributed by atoms with Gasteiger partial charge >= 0.3 is 5.97 Å². The highest BCUT2D eigenvalue weighted by molar-refractivity contribution is 5.81. The Kier molecular flexibility index (Phi) is 2.49. The smallest absolute Gasteiger partial charge is 0.326 e. The minimum Gasteiger partial charge on any atom is -0.465 e. The second kappa shape index (κ2) is 3.51. The fourth-order valence-corrected chi connectivity index (χ4v) is 2.63. The van der Waals surface area contributed by atoms with E-state index in [1.807, 2.05) is 6.92 Å². The van der Waals surface area contributed by atoms with Crippen LogP contribution in [0, 0.1) is 0 Å². The van der Waals surface area contributed by atoms with Crippen molar-refractivity contribution in [2.24, 2.45) is 5.73 Å². The highest BCUT2D eigenvalue weighted by Gasteiger charge is 2.46. The molecule has 0 spiro atoms. The van der Waals surface area contributed by atoms with Crippen molar-refractivity contribution in [3.63, 3.8) is 0 Å². The first-order chi connectivity index (χ1) is 6.64. The first kappa shape index (κ1) is 9.93. The average molecular weight is 198 g/mol. The SMILES string of the molecule is CCOC(=O)C1(N)CC2CCC(C1)N2. The Hall–Kier alpha value is -0.610. The van der Waals surface area contributed by atoms with Crippen LogP contribution in [0.2, 0.25) is 0 Å². The maximum absolute atomic E-state index is 11.7. The molecule has 2 aliphatic rings.